The number of ketones is 1. The number of benzene rings is 1. The highest BCUT2D eigenvalue weighted by Crippen LogP contribution is 2.42. The standard InChI is InChI=1S/C53H87N9O9SSi2/c1-15-36(6)48(44(69-11)28-46(65)62-25-19-23-42(62)50(70-12)37(7)51(67)58-38(8)49(66)40-21-17-16-18-22-40)61(10)52(68)41(34(2)3)27-43(63)47(35(4)5)60(9)45(64)24-20-26-73(13)33-74(14,71-73)32-72-53-55-29-39(30-56-53)31-57-59-54/h16-18,21-22,29-30,34-38,41-42,44,47-50,66H,15,19-20,23-28,31-33H2,1-14H3,(H,58,67)/t36-,37+,38+,41-,42-,44+,47-,48-,49+,50+,73?,74?/m1/s1. The maximum absolute atomic E-state index is 14.8. The van der Waals surface area contributed by atoms with Crippen molar-refractivity contribution in [2.45, 2.75) is 179 Å². The summed E-state index contributed by atoms with van der Waals surface area (Å²) in [6.07, 6.45) is 4.16. The Labute approximate surface area is 447 Å². The van der Waals surface area contributed by atoms with Gasteiger partial charge in [-0.05, 0) is 85.4 Å². The predicted octanol–water partition coefficient (Wildman–Crippen LogP) is 8.29. The lowest BCUT2D eigenvalue weighted by atomic mass is 9.83. The molecule has 0 aliphatic carbocycles. The molecule has 2 aliphatic rings. The van der Waals surface area contributed by atoms with Gasteiger partial charge in [0.2, 0.25) is 23.6 Å². The maximum atomic E-state index is 14.8. The predicted molar refractivity (Wildman–Crippen MR) is 293 cm³/mol. The summed E-state index contributed by atoms with van der Waals surface area (Å²) in [5, 5.41) is 18.9. The molecule has 4 rings (SSSR count). The number of aromatic nitrogens is 2. The number of aliphatic hydroxyl groups excluding tert-OH is 1. The molecule has 74 heavy (non-hydrogen) atoms. The fourth-order valence-corrected chi connectivity index (χ4v) is 28.4. The summed E-state index contributed by atoms with van der Waals surface area (Å²) in [5.41, 5.74) is 11.1. The fraction of sp³-hybridized carbons (Fsp3) is 0.717. The van der Waals surface area contributed by atoms with Crippen LogP contribution in [0.15, 0.2) is 53.0 Å². The lowest BCUT2D eigenvalue weighted by Gasteiger charge is -2.51. The van der Waals surface area contributed by atoms with Crippen LogP contribution < -0.4 is 5.32 Å². The van der Waals surface area contributed by atoms with E-state index in [1.54, 1.807) is 81.0 Å². The highest BCUT2D eigenvalue weighted by molar-refractivity contribution is 8.00. The number of likely N-dealkylation sites (N-methyl/N-ethyl adjacent to an activating group) is 2. The van der Waals surface area contributed by atoms with Gasteiger partial charge in [-0.1, -0.05) is 102 Å². The van der Waals surface area contributed by atoms with Crippen LogP contribution in [-0.4, -0.2) is 152 Å². The number of carbonyl (C=O) groups excluding carboxylic acids is 5. The summed E-state index contributed by atoms with van der Waals surface area (Å²) in [5.74, 6) is -2.71. The number of likely N-dealkylation sites (tertiary alicyclic amines) is 1. The van der Waals surface area contributed by atoms with Gasteiger partial charge in [-0.3, -0.25) is 24.0 Å². The number of hydrogen-bond donors (Lipinski definition) is 2. The van der Waals surface area contributed by atoms with Crippen molar-refractivity contribution in [1.82, 2.24) is 30.0 Å². The van der Waals surface area contributed by atoms with Gasteiger partial charge in [0.1, 0.15) is 0 Å². The Bertz CT molecular complexity index is 2200. The number of aliphatic hydroxyl groups is 1. The third-order valence-electron chi connectivity index (χ3n) is 15.4. The van der Waals surface area contributed by atoms with Gasteiger partial charge in [-0.2, -0.15) is 0 Å². The minimum absolute atomic E-state index is 0.00786. The number of rotatable bonds is 30. The van der Waals surface area contributed by atoms with E-state index in [-0.39, 0.29) is 72.6 Å². The van der Waals surface area contributed by atoms with Gasteiger partial charge in [0, 0.05) is 76.3 Å². The van der Waals surface area contributed by atoms with Crippen LogP contribution in [0, 0.1) is 29.6 Å². The van der Waals surface area contributed by atoms with E-state index in [9.17, 15) is 29.1 Å². The van der Waals surface area contributed by atoms with Gasteiger partial charge in [-0.25, -0.2) is 9.97 Å². The quantitative estimate of drug-likeness (QED) is 0.0188. The zero-order valence-corrected chi connectivity index (χ0v) is 49.5. The lowest BCUT2D eigenvalue weighted by Crippen LogP contribution is -2.65. The molecule has 18 nitrogen and oxygen atoms in total. The average molecular weight is 1080 g/mol. The van der Waals surface area contributed by atoms with E-state index >= 15 is 0 Å². The minimum atomic E-state index is -1.98. The Balaban J connectivity index is 1.36. The molecular weight excluding hydrogens is 995 g/mol. The van der Waals surface area contributed by atoms with Crippen molar-refractivity contribution in [3.05, 3.63) is 64.3 Å². The first-order valence-corrected chi connectivity index (χ1v) is 33.2. The van der Waals surface area contributed by atoms with Gasteiger partial charge in [0.15, 0.2) is 27.6 Å². The van der Waals surface area contributed by atoms with E-state index in [0.29, 0.717) is 42.9 Å². The van der Waals surface area contributed by atoms with Crippen LogP contribution in [-0.2, 0) is 44.1 Å². The molecule has 12 atom stereocenters. The number of nitrogens with one attached hydrogen (secondary N) is 1. The minimum Gasteiger partial charge on any atom is -0.455 e. The molecule has 2 fully saturated rings. The van der Waals surface area contributed by atoms with Crippen molar-refractivity contribution in [2.24, 2.45) is 34.7 Å². The third kappa shape index (κ3) is 16.6. The first-order valence-electron chi connectivity index (χ1n) is 26.5. The first-order chi connectivity index (χ1) is 34.9. The molecule has 0 radical (unpaired) electrons. The number of amides is 4. The second kappa shape index (κ2) is 28.8. The van der Waals surface area contributed by atoms with Crippen molar-refractivity contribution in [3.63, 3.8) is 0 Å². The van der Waals surface area contributed by atoms with E-state index in [1.807, 2.05) is 71.9 Å². The summed E-state index contributed by atoms with van der Waals surface area (Å²) in [6, 6.07) is 7.85. The van der Waals surface area contributed by atoms with Crippen LogP contribution in [0.3, 0.4) is 0 Å². The highest BCUT2D eigenvalue weighted by atomic mass is 32.2. The fourth-order valence-electron chi connectivity index (χ4n) is 11.3. The van der Waals surface area contributed by atoms with Gasteiger partial charge >= 0.3 is 0 Å². The van der Waals surface area contributed by atoms with Crippen molar-refractivity contribution in [3.8, 4) is 0 Å². The molecule has 0 bridgehead atoms. The molecule has 3 heterocycles. The third-order valence-corrected chi connectivity index (χ3v) is 30.2. The number of hydrogen-bond acceptors (Lipinski definition) is 13. The summed E-state index contributed by atoms with van der Waals surface area (Å²) in [4.78, 5) is 87.7. The SMILES string of the molecule is CC[C@@H](C)[C@H]([C@H](CC(=O)N1CCC[C@@H]1[C@@H](OC)[C@H](C)C(=O)N[C@@H](C)[C@H](O)c1ccccc1)OC)N(C)C(=O)[C@H](CC(=O)[C@@H](C(C)C)N(C)C(=O)CCC[Si]1(C)C[Si](C)(CSc2ncc(CN=[N+]=[N-])cn2)O1)C(C)C. The maximum Gasteiger partial charge on any atom is 0.226 e. The molecule has 0 saturated carbocycles. The Morgan fingerprint density at radius 1 is 0.973 bits per heavy atom. The largest absolute Gasteiger partial charge is 0.455 e. The first kappa shape index (κ1) is 62.3. The second-order valence-electron chi connectivity index (χ2n) is 22.0. The molecular formula is C53H87N9O9SSi2. The summed E-state index contributed by atoms with van der Waals surface area (Å²) in [6.45, 7) is 20.5. The normalized spacial score (nSPS) is 22.3. The number of Topliss-reactive ketones (excluding diaryl/α,β-unsaturated/α-hetero) is 1. The Morgan fingerprint density at radius 3 is 2.19 bits per heavy atom. The van der Waals surface area contributed by atoms with Crippen molar-refractivity contribution < 1.29 is 42.7 Å². The second-order valence-corrected chi connectivity index (χ2v) is 32.4. The monoisotopic (exact) mass is 1080 g/mol. The molecule has 4 amide bonds. The Kier molecular flexibility index (Phi) is 24.2. The van der Waals surface area contributed by atoms with Gasteiger partial charge < -0.3 is 38.7 Å². The van der Waals surface area contributed by atoms with E-state index in [4.69, 9.17) is 19.1 Å². The van der Waals surface area contributed by atoms with E-state index in [0.717, 1.165) is 29.1 Å². The number of carbonyl (C=O) groups is 5. The smallest absolute Gasteiger partial charge is 0.226 e. The van der Waals surface area contributed by atoms with Gasteiger partial charge in [0.05, 0.1) is 61.4 Å². The van der Waals surface area contributed by atoms with Crippen LogP contribution in [0.2, 0.25) is 24.8 Å². The number of methoxy groups -OCH3 is 2. The highest BCUT2D eigenvalue weighted by Gasteiger charge is 2.53. The molecule has 2 aliphatic heterocycles. The number of ether oxygens (including phenoxy) is 2. The van der Waals surface area contributed by atoms with Crippen molar-refractivity contribution in [1.29, 1.82) is 0 Å². The lowest BCUT2D eigenvalue weighted by molar-refractivity contribution is -0.149. The van der Waals surface area contributed by atoms with E-state index in [2.05, 4.69) is 38.4 Å². The molecule has 2 unspecified atom stereocenters. The van der Waals surface area contributed by atoms with Crippen LogP contribution in [0.4, 0.5) is 0 Å². The van der Waals surface area contributed by atoms with Crippen molar-refractivity contribution in [2.75, 3.05) is 40.2 Å². The van der Waals surface area contributed by atoms with Crippen LogP contribution in [0.5, 0.6) is 0 Å². The molecule has 412 valence electrons. The number of nitrogens with zero attached hydrogens (tertiary/aromatic N) is 8. The molecule has 1 aromatic heterocycles. The van der Waals surface area contributed by atoms with E-state index < -0.39 is 64.9 Å². The average Bonchev–Trinajstić information content (AvgIpc) is 3.85. The van der Waals surface area contributed by atoms with Gasteiger partial charge in [0.25, 0.3) is 0 Å². The Hall–Kier alpha value is -4.22. The summed E-state index contributed by atoms with van der Waals surface area (Å²) in [7, 11) is 2.62. The Morgan fingerprint density at radius 2 is 1.62 bits per heavy atom. The zero-order chi connectivity index (χ0) is 55.1. The molecule has 1 aromatic carbocycles. The molecule has 0 spiro atoms. The molecule has 2 N–H and O–H groups in total. The number of thioether (sulfide) groups is 1. The summed E-state index contributed by atoms with van der Waals surface area (Å²) < 4.78 is 18.8. The van der Waals surface area contributed by atoms with Crippen LogP contribution in [0.1, 0.15) is 118 Å². The van der Waals surface area contributed by atoms with Crippen LogP contribution in [0.25, 0.3) is 10.4 Å². The van der Waals surface area contributed by atoms with Crippen LogP contribution >= 0.6 is 11.8 Å². The number of azide groups is 1. The molecule has 2 aromatic rings. The van der Waals surface area contributed by atoms with Crippen molar-refractivity contribution >= 4 is 57.8 Å². The zero-order valence-electron chi connectivity index (χ0n) is 46.7. The van der Waals surface area contributed by atoms with E-state index in [1.165, 1.54) is 0 Å². The molecule has 21 heteroatoms. The molecule has 2 saturated heterocycles. The summed E-state index contributed by atoms with van der Waals surface area (Å²) >= 11 is 1.58. The topological polar surface area (TPSA) is 230 Å². The van der Waals surface area contributed by atoms with Gasteiger partial charge in [-0.15, -0.1) is 0 Å².